The average molecular weight is 392 g/mol. The van der Waals surface area contributed by atoms with Crippen molar-refractivity contribution >= 4 is 5.78 Å². The molecule has 0 aromatic heterocycles. The van der Waals surface area contributed by atoms with Crippen LogP contribution in [0, 0.1) is 5.92 Å². The molecule has 0 N–H and O–H groups in total. The van der Waals surface area contributed by atoms with Crippen molar-refractivity contribution in [3.8, 4) is 0 Å². The van der Waals surface area contributed by atoms with Gasteiger partial charge in [0, 0.05) is 23.2 Å². The summed E-state index contributed by atoms with van der Waals surface area (Å²) >= 11 is 0. The number of carbonyl (C=O) groups excluding carboxylic acids is 1. The number of allylic oxidation sites excluding steroid dienone is 1. The summed E-state index contributed by atoms with van der Waals surface area (Å²) in [6.45, 7) is 4.26. The second kappa shape index (κ2) is 6.02. The number of fused-ring (bicyclic) bond motifs is 5. The molecule has 0 amide bonds. The Morgan fingerprint density at radius 2 is 1.33 bits per heavy atom. The second-order valence-corrected chi connectivity index (χ2v) is 8.78. The van der Waals surface area contributed by atoms with Crippen LogP contribution in [-0.2, 0) is 26.0 Å². The minimum atomic E-state index is -0.553. The van der Waals surface area contributed by atoms with Gasteiger partial charge in [-0.3, -0.25) is 4.79 Å². The van der Waals surface area contributed by atoms with Crippen LogP contribution in [0.2, 0.25) is 0 Å². The molecule has 2 bridgehead atoms. The molecule has 3 aliphatic rings. The van der Waals surface area contributed by atoms with Gasteiger partial charge < -0.3 is 4.74 Å². The van der Waals surface area contributed by atoms with E-state index in [-0.39, 0.29) is 17.1 Å². The predicted octanol–water partition coefficient (Wildman–Crippen LogP) is 5.34. The van der Waals surface area contributed by atoms with Crippen molar-refractivity contribution in [1.29, 1.82) is 0 Å². The van der Waals surface area contributed by atoms with Gasteiger partial charge >= 0.3 is 0 Å². The maximum atomic E-state index is 13.3. The van der Waals surface area contributed by atoms with Crippen LogP contribution < -0.4 is 0 Å². The molecular formula is C28H24O2. The highest BCUT2D eigenvalue weighted by Gasteiger charge is 2.92. The summed E-state index contributed by atoms with van der Waals surface area (Å²) < 4.78 is 6.90. The van der Waals surface area contributed by atoms with E-state index in [2.05, 4.69) is 91.5 Å². The van der Waals surface area contributed by atoms with Crippen LogP contribution in [0.3, 0.4) is 0 Å². The van der Waals surface area contributed by atoms with E-state index < -0.39 is 17.1 Å². The van der Waals surface area contributed by atoms with Gasteiger partial charge in [-0.1, -0.05) is 97.1 Å². The molecule has 5 atom stereocenters. The number of ketones is 1. The lowest BCUT2D eigenvalue weighted by Crippen LogP contribution is -2.46. The van der Waals surface area contributed by atoms with Crippen LogP contribution >= 0.6 is 0 Å². The summed E-state index contributed by atoms with van der Waals surface area (Å²) in [5, 5.41) is 0. The van der Waals surface area contributed by atoms with Crippen molar-refractivity contribution < 1.29 is 9.53 Å². The van der Waals surface area contributed by atoms with Gasteiger partial charge in [0.15, 0.2) is 5.78 Å². The number of hydrogen-bond acceptors (Lipinski definition) is 2. The van der Waals surface area contributed by atoms with Crippen molar-refractivity contribution in [3.05, 3.63) is 120 Å². The van der Waals surface area contributed by atoms with Gasteiger partial charge in [-0.05, 0) is 23.1 Å². The Bertz CT molecular complexity index is 1120. The summed E-state index contributed by atoms with van der Waals surface area (Å²) in [7, 11) is 0. The lowest BCUT2D eigenvalue weighted by Gasteiger charge is -2.42. The van der Waals surface area contributed by atoms with E-state index in [1.807, 2.05) is 12.1 Å². The Morgan fingerprint density at radius 3 is 1.90 bits per heavy atom. The first-order chi connectivity index (χ1) is 14.7. The highest BCUT2D eigenvalue weighted by molar-refractivity contribution is 5.91. The highest BCUT2D eigenvalue weighted by Crippen LogP contribution is 2.85. The smallest absolute Gasteiger partial charge is 0.162 e. The minimum absolute atomic E-state index is 0.123. The molecule has 0 radical (unpaired) electrons. The predicted molar refractivity (Wildman–Crippen MR) is 117 cm³/mol. The molecule has 2 aliphatic heterocycles. The van der Waals surface area contributed by atoms with Gasteiger partial charge in [0.1, 0.15) is 11.7 Å². The summed E-state index contributed by atoms with van der Waals surface area (Å²) in [5.41, 5.74) is 2.23. The molecule has 0 spiro atoms. The Hall–Kier alpha value is -2.97. The van der Waals surface area contributed by atoms with Crippen LogP contribution in [0.4, 0.5) is 0 Å². The Balaban J connectivity index is 1.73. The summed E-state index contributed by atoms with van der Waals surface area (Å²) in [4.78, 5) is 13.3. The molecule has 2 saturated heterocycles. The standard InChI is InChI=1S/C28H24O2/c1-2-24-27(21-14-8-4-9-15-21)25-23(29)18-19-26(30-25,20-12-6-3-7-13-20)28(24,27)22-16-10-5-11-17-22/h2-17,24-25H,1,18-19H2/t24-,25+,26+,27-,28+/m0/s1. The molecule has 3 fully saturated rings. The van der Waals surface area contributed by atoms with Crippen molar-refractivity contribution in [2.45, 2.75) is 35.4 Å². The first kappa shape index (κ1) is 17.9. The quantitative estimate of drug-likeness (QED) is 0.561. The lowest BCUT2D eigenvalue weighted by molar-refractivity contribution is -0.158. The van der Waals surface area contributed by atoms with Crippen molar-refractivity contribution in [3.63, 3.8) is 0 Å². The van der Waals surface area contributed by atoms with E-state index in [4.69, 9.17) is 4.74 Å². The zero-order valence-electron chi connectivity index (χ0n) is 16.8. The monoisotopic (exact) mass is 392 g/mol. The normalized spacial score (nSPS) is 36.2. The number of rotatable bonds is 4. The maximum Gasteiger partial charge on any atom is 0.162 e. The fraction of sp³-hybridized carbons (Fsp3) is 0.250. The molecule has 2 nitrogen and oxygen atoms in total. The minimum Gasteiger partial charge on any atom is -0.357 e. The second-order valence-electron chi connectivity index (χ2n) is 8.78. The van der Waals surface area contributed by atoms with Gasteiger partial charge in [-0.15, -0.1) is 6.58 Å². The molecule has 2 heterocycles. The SMILES string of the molecule is C=C[C@H]1[C@@]2(c3ccccc3)[C@@H]3O[C@@](c4ccccc4)(CCC3=O)[C@@]12c1ccccc1. The number of ether oxygens (including phenoxy) is 1. The van der Waals surface area contributed by atoms with Crippen LogP contribution in [0.25, 0.3) is 0 Å². The molecule has 3 aromatic rings. The molecule has 3 aromatic carbocycles. The Morgan fingerprint density at radius 1 is 0.800 bits per heavy atom. The number of carbonyl (C=O) groups is 1. The van der Waals surface area contributed by atoms with E-state index >= 15 is 0 Å². The van der Waals surface area contributed by atoms with E-state index in [0.717, 1.165) is 5.56 Å². The number of Topliss-reactive ketones (excluding diaryl/α,β-unsaturated/α-hetero) is 1. The Labute approximate surface area is 177 Å². The number of benzene rings is 3. The molecule has 30 heavy (non-hydrogen) atoms. The van der Waals surface area contributed by atoms with Gasteiger partial charge in [-0.2, -0.15) is 0 Å². The molecule has 1 saturated carbocycles. The van der Waals surface area contributed by atoms with Gasteiger partial charge in [0.2, 0.25) is 0 Å². The Kier molecular flexibility index (Phi) is 3.58. The average Bonchev–Trinajstić information content (AvgIpc) is 3.39. The van der Waals surface area contributed by atoms with Crippen molar-refractivity contribution in [2.24, 2.45) is 5.92 Å². The van der Waals surface area contributed by atoms with Gasteiger partial charge in [-0.25, -0.2) is 0 Å². The van der Waals surface area contributed by atoms with E-state index in [9.17, 15) is 4.79 Å². The van der Waals surface area contributed by atoms with Crippen LogP contribution in [0.5, 0.6) is 0 Å². The van der Waals surface area contributed by atoms with Crippen LogP contribution in [0.1, 0.15) is 29.5 Å². The third-order valence-electron chi connectivity index (χ3n) is 7.87. The molecule has 6 rings (SSSR count). The third-order valence-corrected chi connectivity index (χ3v) is 7.87. The molecular weight excluding hydrogens is 368 g/mol. The molecule has 0 unspecified atom stereocenters. The van der Waals surface area contributed by atoms with Crippen LogP contribution in [-0.4, -0.2) is 11.9 Å². The summed E-state index contributed by atoms with van der Waals surface area (Å²) in [6.07, 6.45) is 2.86. The van der Waals surface area contributed by atoms with Crippen molar-refractivity contribution in [1.82, 2.24) is 0 Å². The van der Waals surface area contributed by atoms with Gasteiger partial charge in [0.25, 0.3) is 0 Å². The largest absolute Gasteiger partial charge is 0.357 e. The highest BCUT2D eigenvalue weighted by atomic mass is 16.5. The zero-order chi connectivity index (χ0) is 20.4. The topological polar surface area (TPSA) is 26.3 Å². The fourth-order valence-corrected chi connectivity index (χ4v) is 7.01. The third kappa shape index (κ3) is 1.78. The molecule has 2 heteroatoms. The van der Waals surface area contributed by atoms with Crippen LogP contribution in [0.15, 0.2) is 104 Å². The number of hydrogen-bond donors (Lipinski definition) is 0. The zero-order valence-corrected chi connectivity index (χ0v) is 16.8. The molecule has 148 valence electrons. The van der Waals surface area contributed by atoms with Gasteiger partial charge in [0.05, 0.1) is 0 Å². The summed E-state index contributed by atoms with van der Waals surface area (Å²) in [6, 6.07) is 31.7. The first-order valence-corrected chi connectivity index (χ1v) is 10.7. The fourth-order valence-electron chi connectivity index (χ4n) is 7.01. The van der Waals surface area contributed by atoms with E-state index in [1.165, 1.54) is 11.1 Å². The lowest BCUT2D eigenvalue weighted by atomic mass is 9.68. The van der Waals surface area contributed by atoms with E-state index in [0.29, 0.717) is 12.8 Å². The molecule has 1 aliphatic carbocycles. The van der Waals surface area contributed by atoms with Crippen molar-refractivity contribution in [2.75, 3.05) is 0 Å². The van der Waals surface area contributed by atoms with E-state index in [1.54, 1.807) is 0 Å². The summed E-state index contributed by atoms with van der Waals surface area (Å²) in [5.74, 6) is 0.338. The first-order valence-electron chi connectivity index (χ1n) is 10.7. The maximum absolute atomic E-state index is 13.3.